The number of hydrogen-bond donors (Lipinski definition) is 2. The summed E-state index contributed by atoms with van der Waals surface area (Å²) in [4.78, 5) is 14.5. The van der Waals surface area contributed by atoms with Crippen molar-refractivity contribution < 1.29 is 14.6 Å². The van der Waals surface area contributed by atoms with E-state index in [-0.39, 0.29) is 11.9 Å². The lowest BCUT2D eigenvalue weighted by molar-refractivity contribution is 0.000118. The third-order valence-electron chi connectivity index (χ3n) is 4.50. The number of rotatable bonds is 4. The third kappa shape index (κ3) is 3.14. The maximum absolute atomic E-state index is 12.8. The van der Waals surface area contributed by atoms with E-state index in [9.17, 15) is 9.90 Å². The van der Waals surface area contributed by atoms with Gasteiger partial charge in [0, 0.05) is 12.1 Å². The number of carbonyl (C=O) groups excluding carboxylic acids is 1. The standard InChI is InChI=1S/C18H23N3O3/c1-18(2,23)16-8-5-9-21(16)17(22)15-11-14(19-20-15)12-6-4-7-13(10-12)24-3/h4,6-7,10-11,16,23H,5,8-9H2,1-3H3,(H,19,20). The van der Waals surface area contributed by atoms with Crippen molar-refractivity contribution in [1.82, 2.24) is 15.1 Å². The van der Waals surface area contributed by atoms with Crippen molar-refractivity contribution in [3.8, 4) is 17.0 Å². The molecule has 2 N–H and O–H groups in total. The lowest BCUT2D eigenvalue weighted by Crippen LogP contribution is -2.48. The molecule has 24 heavy (non-hydrogen) atoms. The summed E-state index contributed by atoms with van der Waals surface area (Å²) in [5.41, 5.74) is 1.09. The SMILES string of the molecule is COc1cccc(-c2cc(C(=O)N3CCCC3C(C)(C)O)[nH]n2)c1. The molecule has 0 bridgehead atoms. The highest BCUT2D eigenvalue weighted by molar-refractivity contribution is 5.94. The van der Waals surface area contributed by atoms with Crippen LogP contribution >= 0.6 is 0 Å². The summed E-state index contributed by atoms with van der Waals surface area (Å²) in [5.74, 6) is 0.617. The molecule has 1 aliphatic heterocycles. The molecule has 1 fully saturated rings. The molecule has 3 rings (SSSR count). The lowest BCUT2D eigenvalue weighted by Gasteiger charge is -2.33. The maximum atomic E-state index is 12.8. The zero-order valence-corrected chi connectivity index (χ0v) is 14.2. The number of H-pyrrole nitrogens is 1. The van der Waals surface area contributed by atoms with E-state index in [1.165, 1.54) is 0 Å². The molecule has 1 aliphatic rings. The Bertz CT molecular complexity index is 733. The van der Waals surface area contributed by atoms with Gasteiger partial charge in [-0.3, -0.25) is 9.89 Å². The molecule has 2 heterocycles. The first-order valence-electron chi connectivity index (χ1n) is 8.13. The second kappa shape index (κ2) is 6.28. The highest BCUT2D eigenvalue weighted by Gasteiger charge is 2.39. The largest absolute Gasteiger partial charge is 0.497 e. The van der Waals surface area contributed by atoms with Crippen LogP contribution in [-0.4, -0.2) is 51.4 Å². The first kappa shape index (κ1) is 16.5. The van der Waals surface area contributed by atoms with Gasteiger partial charge >= 0.3 is 0 Å². The van der Waals surface area contributed by atoms with Crippen molar-refractivity contribution in [3.05, 3.63) is 36.0 Å². The van der Waals surface area contributed by atoms with Crippen molar-refractivity contribution in [2.45, 2.75) is 38.3 Å². The van der Waals surface area contributed by atoms with Gasteiger partial charge in [-0.05, 0) is 44.9 Å². The van der Waals surface area contributed by atoms with Crippen LogP contribution in [0.4, 0.5) is 0 Å². The van der Waals surface area contributed by atoms with Gasteiger partial charge in [0.25, 0.3) is 5.91 Å². The van der Waals surface area contributed by atoms with E-state index in [2.05, 4.69) is 10.2 Å². The van der Waals surface area contributed by atoms with E-state index in [0.29, 0.717) is 17.9 Å². The minimum atomic E-state index is -0.915. The Kier molecular flexibility index (Phi) is 4.32. The Hall–Kier alpha value is -2.34. The molecule has 6 heteroatoms. The molecule has 0 radical (unpaired) electrons. The summed E-state index contributed by atoms with van der Waals surface area (Å²) in [6.07, 6.45) is 1.71. The summed E-state index contributed by atoms with van der Waals surface area (Å²) < 4.78 is 5.22. The van der Waals surface area contributed by atoms with Gasteiger partial charge in [-0.2, -0.15) is 5.10 Å². The molecule has 1 atom stereocenters. The van der Waals surface area contributed by atoms with E-state index in [1.807, 2.05) is 24.3 Å². The van der Waals surface area contributed by atoms with Crippen molar-refractivity contribution in [2.75, 3.05) is 13.7 Å². The van der Waals surface area contributed by atoms with Crippen molar-refractivity contribution in [1.29, 1.82) is 0 Å². The number of aromatic nitrogens is 2. The number of benzene rings is 1. The quantitative estimate of drug-likeness (QED) is 0.903. The number of nitrogens with zero attached hydrogens (tertiary/aromatic N) is 2. The van der Waals surface area contributed by atoms with Gasteiger partial charge in [-0.15, -0.1) is 0 Å². The van der Waals surface area contributed by atoms with Crippen LogP contribution in [0.3, 0.4) is 0 Å². The summed E-state index contributed by atoms with van der Waals surface area (Å²) in [6, 6.07) is 9.11. The molecular formula is C18H23N3O3. The molecule has 1 saturated heterocycles. The number of nitrogens with one attached hydrogen (secondary N) is 1. The van der Waals surface area contributed by atoms with Crippen LogP contribution in [0.25, 0.3) is 11.3 Å². The summed E-state index contributed by atoms with van der Waals surface area (Å²) in [6.45, 7) is 4.15. The fourth-order valence-electron chi connectivity index (χ4n) is 3.26. The van der Waals surface area contributed by atoms with Gasteiger partial charge in [-0.25, -0.2) is 0 Å². The average Bonchev–Trinajstić information content (AvgIpc) is 3.23. The summed E-state index contributed by atoms with van der Waals surface area (Å²) >= 11 is 0. The van der Waals surface area contributed by atoms with Crippen LogP contribution in [0.1, 0.15) is 37.2 Å². The molecule has 0 aliphatic carbocycles. The van der Waals surface area contributed by atoms with Crippen LogP contribution in [-0.2, 0) is 0 Å². The predicted octanol–water partition coefficient (Wildman–Crippen LogP) is 2.46. The fraction of sp³-hybridized carbons (Fsp3) is 0.444. The van der Waals surface area contributed by atoms with E-state index >= 15 is 0 Å². The molecule has 1 unspecified atom stereocenters. The van der Waals surface area contributed by atoms with E-state index in [1.54, 1.807) is 31.9 Å². The molecule has 0 spiro atoms. The van der Waals surface area contributed by atoms with Crippen LogP contribution < -0.4 is 4.74 Å². The molecule has 1 amide bonds. The zero-order chi connectivity index (χ0) is 17.3. The number of carbonyl (C=O) groups is 1. The number of ether oxygens (including phenoxy) is 1. The average molecular weight is 329 g/mol. The number of likely N-dealkylation sites (tertiary alicyclic amines) is 1. The van der Waals surface area contributed by atoms with Gasteiger partial charge < -0.3 is 14.7 Å². The van der Waals surface area contributed by atoms with Gasteiger partial charge in [0.1, 0.15) is 11.4 Å². The Labute approximate surface area is 141 Å². The first-order chi connectivity index (χ1) is 11.4. The minimum absolute atomic E-state index is 0.124. The third-order valence-corrected chi connectivity index (χ3v) is 4.50. The molecule has 1 aromatic carbocycles. The maximum Gasteiger partial charge on any atom is 0.272 e. The molecule has 6 nitrogen and oxygen atoms in total. The Morgan fingerprint density at radius 1 is 1.42 bits per heavy atom. The smallest absolute Gasteiger partial charge is 0.272 e. The van der Waals surface area contributed by atoms with Crippen molar-refractivity contribution in [3.63, 3.8) is 0 Å². The van der Waals surface area contributed by atoms with E-state index in [0.717, 1.165) is 24.2 Å². The normalized spacial score (nSPS) is 18.0. The molecular weight excluding hydrogens is 306 g/mol. The van der Waals surface area contributed by atoms with Crippen LogP contribution in [0.15, 0.2) is 30.3 Å². The predicted molar refractivity (Wildman–Crippen MR) is 90.9 cm³/mol. The highest BCUT2D eigenvalue weighted by atomic mass is 16.5. The van der Waals surface area contributed by atoms with Crippen LogP contribution in [0.2, 0.25) is 0 Å². The molecule has 2 aromatic rings. The Balaban J connectivity index is 1.83. The minimum Gasteiger partial charge on any atom is -0.497 e. The highest BCUT2D eigenvalue weighted by Crippen LogP contribution is 2.29. The number of aromatic amines is 1. The Morgan fingerprint density at radius 2 is 2.21 bits per heavy atom. The molecule has 1 aromatic heterocycles. The molecule has 0 saturated carbocycles. The van der Waals surface area contributed by atoms with Gasteiger partial charge in [0.15, 0.2) is 0 Å². The Morgan fingerprint density at radius 3 is 2.92 bits per heavy atom. The van der Waals surface area contributed by atoms with Crippen LogP contribution in [0, 0.1) is 0 Å². The first-order valence-corrected chi connectivity index (χ1v) is 8.13. The second-order valence-electron chi connectivity index (χ2n) is 6.71. The van der Waals surface area contributed by atoms with Gasteiger partial charge in [0.2, 0.25) is 0 Å². The monoisotopic (exact) mass is 329 g/mol. The summed E-state index contributed by atoms with van der Waals surface area (Å²) in [7, 11) is 1.61. The topological polar surface area (TPSA) is 78.5 Å². The second-order valence-corrected chi connectivity index (χ2v) is 6.71. The molecule has 128 valence electrons. The zero-order valence-electron chi connectivity index (χ0n) is 14.2. The number of aliphatic hydroxyl groups is 1. The van der Waals surface area contributed by atoms with Gasteiger partial charge in [-0.1, -0.05) is 12.1 Å². The number of methoxy groups -OCH3 is 1. The van der Waals surface area contributed by atoms with Crippen LogP contribution in [0.5, 0.6) is 5.75 Å². The lowest BCUT2D eigenvalue weighted by atomic mass is 9.96. The van der Waals surface area contributed by atoms with Gasteiger partial charge in [0.05, 0.1) is 24.4 Å². The number of hydrogen-bond acceptors (Lipinski definition) is 4. The number of amides is 1. The van der Waals surface area contributed by atoms with Crippen molar-refractivity contribution in [2.24, 2.45) is 0 Å². The van der Waals surface area contributed by atoms with E-state index < -0.39 is 5.60 Å². The fourth-order valence-corrected chi connectivity index (χ4v) is 3.26. The van der Waals surface area contributed by atoms with Crippen molar-refractivity contribution >= 4 is 5.91 Å². The summed E-state index contributed by atoms with van der Waals surface area (Å²) in [5, 5.41) is 17.4. The van der Waals surface area contributed by atoms with E-state index in [4.69, 9.17) is 4.74 Å².